The molecule has 1 fully saturated rings. The standard InChI is InChI=1S/C26H29N5O5/c1-16(2)23(24(32)28-17-7-8-21-22(13-17)36-15-35-21)29-26(34)31-11-9-30(10-12-31)25(33)19-14-27-20-6-4-3-5-18(19)20/h3-8,13-14,16,23,27H,9-12,15H2,1-2H3,(H,28,32)(H,29,34). The highest BCUT2D eigenvalue weighted by molar-refractivity contribution is 6.06. The minimum atomic E-state index is -0.728. The summed E-state index contributed by atoms with van der Waals surface area (Å²) in [5, 5.41) is 6.60. The van der Waals surface area contributed by atoms with Crippen molar-refractivity contribution in [3.8, 4) is 11.5 Å². The number of amides is 4. The zero-order valence-corrected chi connectivity index (χ0v) is 20.2. The molecule has 1 aromatic heterocycles. The molecule has 0 bridgehead atoms. The summed E-state index contributed by atoms with van der Waals surface area (Å²) in [5.41, 5.74) is 2.11. The zero-order chi connectivity index (χ0) is 25.2. The van der Waals surface area contributed by atoms with Crippen LogP contribution in [0.2, 0.25) is 0 Å². The van der Waals surface area contributed by atoms with E-state index in [1.807, 2.05) is 38.1 Å². The van der Waals surface area contributed by atoms with E-state index in [0.717, 1.165) is 10.9 Å². The number of carbonyl (C=O) groups is 3. The van der Waals surface area contributed by atoms with Crippen LogP contribution in [0.3, 0.4) is 0 Å². The number of fused-ring (bicyclic) bond motifs is 2. The van der Waals surface area contributed by atoms with Crippen LogP contribution in [-0.2, 0) is 4.79 Å². The predicted octanol–water partition coefficient (Wildman–Crippen LogP) is 3.03. The molecule has 1 saturated heterocycles. The second kappa shape index (κ2) is 9.80. The highest BCUT2D eigenvalue weighted by atomic mass is 16.7. The lowest BCUT2D eigenvalue weighted by Crippen LogP contribution is -2.57. The van der Waals surface area contributed by atoms with Gasteiger partial charge in [-0.25, -0.2) is 4.79 Å². The lowest BCUT2D eigenvalue weighted by atomic mass is 10.0. The molecule has 0 radical (unpaired) electrons. The number of hydrogen-bond donors (Lipinski definition) is 3. The first-order chi connectivity index (χ1) is 17.4. The fourth-order valence-corrected chi connectivity index (χ4v) is 4.49. The topological polar surface area (TPSA) is 116 Å². The Morgan fingerprint density at radius 2 is 1.67 bits per heavy atom. The molecule has 4 amide bonds. The summed E-state index contributed by atoms with van der Waals surface area (Å²) in [6.45, 7) is 5.51. The second-order valence-corrected chi connectivity index (χ2v) is 9.26. The van der Waals surface area contributed by atoms with Crippen LogP contribution in [0.15, 0.2) is 48.7 Å². The van der Waals surface area contributed by atoms with Gasteiger partial charge in [0.1, 0.15) is 6.04 Å². The monoisotopic (exact) mass is 491 g/mol. The molecular weight excluding hydrogens is 462 g/mol. The molecule has 3 N–H and O–H groups in total. The number of carbonyl (C=O) groups excluding carboxylic acids is 3. The first-order valence-corrected chi connectivity index (χ1v) is 12.0. The lowest BCUT2D eigenvalue weighted by Gasteiger charge is -2.35. The summed E-state index contributed by atoms with van der Waals surface area (Å²) in [7, 11) is 0. The number of rotatable bonds is 5. The number of nitrogens with one attached hydrogen (secondary N) is 3. The Labute approximate surface area is 208 Å². The van der Waals surface area contributed by atoms with Crippen LogP contribution < -0.4 is 20.1 Å². The van der Waals surface area contributed by atoms with Gasteiger partial charge in [-0.2, -0.15) is 0 Å². The smallest absolute Gasteiger partial charge is 0.318 e. The van der Waals surface area contributed by atoms with Crippen molar-refractivity contribution < 1.29 is 23.9 Å². The Balaban J connectivity index is 1.17. The van der Waals surface area contributed by atoms with Crippen molar-refractivity contribution in [2.45, 2.75) is 19.9 Å². The zero-order valence-electron chi connectivity index (χ0n) is 20.2. The Kier molecular flexibility index (Phi) is 6.41. The third-order valence-corrected chi connectivity index (χ3v) is 6.54. The quantitative estimate of drug-likeness (QED) is 0.507. The van der Waals surface area contributed by atoms with Crippen LogP contribution in [-0.4, -0.2) is 71.6 Å². The minimum Gasteiger partial charge on any atom is -0.454 e. The number of urea groups is 1. The van der Waals surface area contributed by atoms with Gasteiger partial charge in [0.2, 0.25) is 12.7 Å². The van der Waals surface area contributed by atoms with Crippen molar-refractivity contribution in [1.29, 1.82) is 0 Å². The molecule has 1 atom stereocenters. The number of piperazine rings is 1. The maximum Gasteiger partial charge on any atom is 0.318 e. The van der Waals surface area contributed by atoms with Crippen LogP contribution in [0.4, 0.5) is 10.5 Å². The number of aromatic nitrogens is 1. The van der Waals surface area contributed by atoms with Crippen LogP contribution in [0.5, 0.6) is 11.5 Å². The summed E-state index contributed by atoms with van der Waals surface area (Å²) in [5.74, 6) is 0.691. The molecule has 10 heteroatoms. The normalized spacial score (nSPS) is 15.8. The van der Waals surface area contributed by atoms with Crippen molar-refractivity contribution in [2.24, 2.45) is 5.92 Å². The first kappa shape index (κ1) is 23.5. The summed E-state index contributed by atoms with van der Waals surface area (Å²) in [4.78, 5) is 45.6. The van der Waals surface area contributed by atoms with Crippen LogP contribution in [0.25, 0.3) is 10.9 Å². The van der Waals surface area contributed by atoms with Gasteiger partial charge in [-0.3, -0.25) is 9.59 Å². The van der Waals surface area contributed by atoms with Crippen molar-refractivity contribution in [2.75, 3.05) is 38.3 Å². The Morgan fingerprint density at radius 3 is 2.44 bits per heavy atom. The van der Waals surface area contributed by atoms with Gasteiger partial charge in [0, 0.05) is 55.0 Å². The Bertz CT molecular complexity index is 1290. The molecule has 3 heterocycles. The summed E-state index contributed by atoms with van der Waals surface area (Å²) in [6, 6.07) is 11.8. The fraction of sp³-hybridized carbons (Fsp3) is 0.346. The van der Waals surface area contributed by atoms with E-state index in [-0.39, 0.29) is 30.6 Å². The van der Waals surface area contributed by atoms with E-state index in [0.29, 0.717) is 48.9 Å². The van der Waals surface area contributed by atoms with E-state index < -0.39 is 6.04 Å². The van der Waals surface area contributed by atoms with E-state index in [2.05, 4.69) is 15.6 Å². The fourth-order valence-electron chi connectivity index (χ4n) is 4.49. The van der Waals surface area contributed by atoms with Gasteiger partial charge < -0.3 is 34.9 Å². The van der Waals surface area contributed by atoms with Gasteiger partial charge in [-0.1, -0.05) is 32.0 Å². The number of anilines is 1. The molecule has 0 saturated carbocycles. The number of ether oxygens (including phenoxy) is 2. The van der Waals surface area contributed by atoms with Gasteiger partial charge >= 0.3 is 6.03 Å². The third-order valence-electron chi connectivity index (χ3n) is 6.54. The molecule has 2 aliphatic heterocycles. The van der Waals surface area contributed by atoms with Crippen LogP contribution in [0.1, 0.15) is 24.2 Å². The Morgan fingerprint density at radius 1 is 0.944 bits per heavy atom. The van der Waals surface area contributed by atoms with E-state index in [4.69, 9.17) is 9.47 Å². The van der Waals surface area contributed by atoms with Gasteiger partial charge in [-0.05, 0) is 24.1 Å². The Hall–Kier alpha value is -4.21. The molecule has 2 aromatic carbocycles. The highest BCUT2D eigenvalue weighted by Gasteiger charge is 2.30. The molecule has 2 aliphatic rings. The molecule has 3 aromatic rings. The highest BCUT2D eigenvalue weighted by Crippen LogP contribution is 2.34. The molecule has 0 aliphatic carbocycles. The minimum absolute atomic E-state index is 0.0596. The van der Waals surface area contributed by atoms with Crippen molar-refractivity contribution >= 4 is 34.4 Å². The maximum absolute atomic E-state index is 13.1. The van der Waals surface area contributed by atoms with E-state index in [1.54, 1.807) is 34.2 Å². The van der Waals surface area contributed by atoms with Crippen molar-refractivity contribution in [1.82, 2.24) is 20.1 Å². The van der Waals surface area contributed by atoms with Crippen LogP contribution >= 0.6 is 0 Å². The molecule has 1 unspecified atom stereocenters. The molecule has 10 nitrogen and oxygen atoms in total. The van der Waals surface area contributed by atoms with Gasteiger partial charge in [0.25, 0.3) is 5.91 Å². The second-order valence-electron chi connectivity index (χ2n) is 9.26. The number of nitrogens with zero attached hydrogens (tertiary/aromatic N) is 2. The van der Waals surface area contributed by atoms with Crippen molar-refractivity contribution in [3.05, 3.63) is 54.2 Å². The SMILES string of the molecule is CC(C)C(NC(=O)N1CCN(C(=O)c2c[nH]c3ccccc23)CC1)C(=O)Nc1ccc2c(c1)OCO2. The molecule has 188 valence electrons. The van der Waals surface area contributed by atoms with Gasteiger partial charge in [0.05, 0.1) is 5.56 Å². The van der Waals surface area contributed by atoms with Gasteiger partial charge in [0.15, 0.2) is 11.5 Å². The number of para-hydroxylation sites is 1. The third kappa shape index (κ3) is 4.66. The van der Waals surface area contributed by atoms with E-state index in [1.165, 1.54) is 0 Å². The molecule has 5 rings (SSSR count). The average molecular weight is 492 g/mol. The number of H-pyrrole nitrogens is 1. The van der Waals surface area contributed by atoms with Crippen molar-refractivity contribution in [3.63, 3.8) is 0 Å². The first-order valence-electron chi connectivity index (χ1n) is 12.0. The number of aromatic amines is 1. The van der Waals surface area contributed by atoms with E-state index in [9.17, 15) is 14.4 Å². The lowest BCUT2D eigenvalue weighted by molar-refractivity contribution is -0.118. The number of benzene rings is 2. The largest absolute Gasteiger partial charge is 0.454 e. The van der Waals surface area contributed by atoms with E-state index >= 15 is 0 Å². The maximum atomic E-state index is 13.1. The van der Waals surface area contributed by atoms with Gasteiger partial charge in [-0.15, -0.1) is 0 Å². The summed E-state index contributed by atoms with van der Waals surface area (Å²) >= 11 is 0. The average Bonchev–Trinajstić information content (AvgIpc) is 3.53. The molecular formula is C26H29N5O5. The number of hydrogen-bond acceptors (Lipinski definition) is 5. The predicted molar refractivity (Wildman–Crippen MR) is 134 cm³/mol. The van der Waals surface area contributed by atoms with Crippen LogP contribution in [0, 0.1) is 5.92 Å². The molecule has 36 heavy (non-hydrogen) atoms. The summed E-state index contributed by atoms with van der Waals surface area (Å²) < 4.78 is 10.7. The molecule has 0 spiro atoms. The summed E-state index contributed by atoms with van der Waals surface area (Å²) in [6.07, 6.45) is 1.73.